The lowest BCUT2D eigenvalue weighted by atomic mass is 10.2. The zero-order valence-corrected chi connectivity index (χ0v) is 14.1. The maximum absolute atomic E-state index is 12.9. The summed E-state index contributed by atoms with van der Waals surface area (Å²) in [6.45, 7) is 4.40. The van der Waals surface area contributed by atoms with Crippen LogP contribution in [0.1, 0.15) is 32.3 Å². The summed E-state index contributed by atoms with van der Waals surface area (Å²) in [5.41, 5.74) is 0.604. The number of sulfonamides is 1. The van der Waals surface area contributed by atoms with Crippen LogP contribution in [0.5, 0.6) is 0 Å². The predicted molar refractivity (Wildman–Crippen MR) is 81.8 cm³/mol. The molecule has 112 valence electrons. The molecule has 0 saturated heterocycles. The van der Waals surface area contributed by atoms with Crippen molar-refractivity contribution in [1.82, 2.24) is 4.31 Å². The first kappa shape index (κ1) is 15.9. The first-order valence-corrected chi connectivity index (χ1v) is 9.00. The van der Waals surface area contributed by atoms with Crippen molar-refractivity contribution in [2.75, 3.05) is 6.54 Å². The van der Waals surface area contributed by atoms with E-state index >= 15 is 0 Å². The largest absolute Gasteiger partial charge is 0.392 e. The van der Waals surface area contributed by atoms with Crippen molar-refractivity contribution < 1.29 is 13.5 Å². The van der Waals surface area contributed by atoms with Crippen LogP contribution in [0.3, 0.4) is 0 Å². The van der Waals surface area contributed by atoms with Crippen LogP contribution in [0.15, 0.2) is 27.6 Å². The Bertz CT molecular complexity index is 582. The molecule has 2 rings (SSSR count). The third kappa shape index (κ3) is 3.42. The number of rotatable bonds is 6. The number of halogens is 1. The van der Waals surface area contributed by atoms with Crippen molar-refractivity contribution in [3.8, 4) is 0 Å². The van der Waals surface area contributed by atoms with Crippen molar-refractivity contribution in [3.05, 3.63) is 28.2 Å². The lowest BCUT2D eigenvalue weighted by Crippen LogP contribution is -2.36. The Hall–Kier alpha value is -0.430. The lowest BCUT2D eigenvalue weighted by Gasteiger charge is -2.24. The van der Waals surface area contributed by atoms with Crippen LogP contribution in [-0.2, 0) is 16.6 Å². The summed E-state index contributed by atoms with van der Waals surface area (Å²) < 4.78 is 27.9. The minimum Gasteiger partial charge on any atom is -0.392 e. The van der Waals surface area contributed by atoms with E-state index in [-0.39, 0.29) is 23.5 Å². The smallest absolute Gasteiger partial charge is 0.244 e. The molecule has 0 bridgehead atoms. The van der Waals surface area contributed by atoms with Gasteiger partial charge in [-0.2, -0.15) is 4.31 Å². The molecule has 1 aromatic rings. The molecular weight excluding hydrogens is 342 g/mol. The molecule has 1 aliphatic carbocycles. The first-order valence-electron chi connectivity index (χ1n) is 6.77. The SMILES string of the molecule is CC(C)CN(C1CC1)S(=O)(=O)c1cc(CO)ccc1Br. The second-order valence-corrected chi connectivity index (χ2v) is 8.34. The van der Waals surface area contributed by atoms with Crippen molar-refractivity contribution >= 4 is 26.0 Å². The maximum Gasteiger partial charge on any atom is 0.244 e. The van der Waals surface area contributed by atoms with Gasteiger partial charge >= 0.3 is 0 Å². The maximum atomic E-state index is 12.9. The average molecular weight is 362 g/mol. The van der Waals surface area contributed by atoms with E-state index in [0.717, 1.165) is 12.8 Å². The molecule has 0 radical (unpaired) electrons. The zero-order valence-electron chi connectivity index (χ0n) is 11.7. The quantitative estimate of drug-likeness (QED) is 0.847. The summed E-state index contributed by atoms with van der Waals surface area (Å²) in [4.78, 5) is 0.247. The minimum absolute atomic E-state index is 0.132. The summed E-state index contributed by atoms with van der Waals surface area (Å²) >= 11 is 3.31. The molecule has 0 unspecified atom stereocenters. The van der Waals surface area contributed by atoms with Gasteiger partial charge in [-0.15, -0.1) is 0 Å². The van der Waals surface area contributed by atoms with Gasteiger partial charge in [-0.1, -0.05) is 19.9 Å². The van der Waals surface area contributed by atoms with Gasteiger partial charge in [0.05, 0.1) is 11.5 Å². The zero-order chi connectivity index (χ0) is 14.9. The number of nitrogens with zero attached hydrogens (tertiary/aromatic N) is 1. The van der Waals surface area contributed by atoms with E-state index < -0.39 is 10.0 Å². The normalized spacial score (nSPS) is 16.1. The van der Waals surface area contributed by atoms with Crippen LogP contribution in [-0.4, -0.2) is 30.4 Å². The number of benzene rings is 1. The van der Waals surface area contributed by atoms with E-state index in [4.69, 9.17) is 0 Å². The number of hydrogen-bond donors (Lipinski definition) is 1. The monoisotopic (exact) mass is 361 g/mol. The molecule has 1 aliphatic rings. The van der Waals surface area contributed by atoms with Crippen LogP contribution >= 0.6 is 15.9 Å². The molecule has 6 heteroatoms. The summed E-state index contributed by atoms with van der Waals surface area (Å²) in [7, 11) is -3.52. The topological polar surface area (TPSA) is 57.6 Å². The van der Waals surface area contributed by atoms with Crippen LogP contribution in [0.4, 0.5) is 0 Å². The Labute approximate surface area is 129 Å². The third-order valence-corrected chi connectivity index (χ3v) is 6.18. The Morgan fingerprint density at radius 3 is 2.55 bits per heavy atom. The molecular formula is C14H20BrNO3S. The summed E-state index contributed by atoms with van der Waals surface area (Å²) in [6, 6.07) is 5.08. The Morgan fingerprint density at radius 2 is 2.05 bits per heavy atom. The lowest BCUT2D eigenvalue weighted by molar-refractivity contribution is 0.281. The Kier molecular flexibility index (Phi) is 4.89. The molecule has 1 fully saturated rings. The van der Waals surface area contributed by atoms with E-state index in [9.17, 15) is 13.5 Å². The fraction of sp³-hybridized carbons (Fsp3) is 0.571. The van der Waals surface area contributed by atoms with Crippen molar-refractivity contribution in [3.63, 3.8) is 0 Å². The number of hydrogen-bond acceptors (Lipinski definition) is 3. The van der Waals surface area contributed by atoms with E-state index in [1.807, 2.05) is 13.8 Å². The highest BCUT2D eigenvalue weighted by Gasteiger charge is 2.39. The van der Waals surface area contributed by atoms with Gasteiger partial charge in [0.1, 0.15) is 0 Å². The van der Waals surface area contributed by atoms with Crippen molar-refractivity contribution in [2.24, 2.45) is 5.92 Å². The average Bonchev–Trinajstić information content (AvgIpc) is 3.20. The van der Waals surface area contributed by atoms with Gasteiger partial charge in [0.15, 0.2) is 0 Å². The van der Waals surface area contributed by atoms with Gasteiger partial charge in [-0.25, -0.2) is 8.42 Å². The third-order valence-electron chi connectivity index (χ3n) is 3.26. The van der Waals surface area contributed by atoms with E-state index in [1.54, 1.807) is 22.5 Å². The highest BCUT2D eigenvalue weighted by Crippen LogP contribution is 2.35. The van der Waals surface area contributed by atoms with Gasteiger partial charge in [-0.3, -0.25) is 0 Å². The molecule has 20 heavy (non-hydrogen) atoms. The molecule has 0 aromatic heterocycles. The fourth-order valence-corrected chi connectivity index (χ4v) is 4.96. The molecule has 0 aliphatic heterocycles. The van der Waals surface area contributed by atoms with Crippen molar-refractivity contribution in [1.29, 1.82) is 0 Å². The molecule has 0 spiro atoms. The molecule has 0 heterocycles. The van der Waals surface area contributed by atoms with Crippen LogP contribution in [0, 0.1) is 5.92 Å². The van der Waals surface area contributed by atoms with E-state index in [0.29, 0.717) is 16.6 Å². The summed E-state index contributed by atoms with van der Waals surface area (Å²) in [6.07, 6.45) is 1.87. The van der Waals surface area contributed by atoms with Gasteiger partial charge in [0.2, 0.25) is 10.0 Å². The van der Waals surface area contributed by atoms with Gasteiger partial charge < -0.3 is 5.11 Å². The van der Waals surface area contributed by atoms with Crippen LogP contribution in [0.2, 0.25) is 0 Å². The highest BCUT2D eigenvalue weighted by molar-refractivity contribution is 9.10. The minimum atomic E-state index is -3.52. The van der Waals surface area contributed by atoms with Gasteiger partial charge in [0, 0.05) is 17.1 Å². The van der Waals surface area contributed by atoms with Gasteiger partial charge in [0.25, 0.3) is 0 Å². The fourth-order valence-electron chi connectivity index (χ4n) is 2.14. The molecule has 1 saturated carbocycles. The summed E-state index contributed by atoms with van der Waals surface area (Å²) in [5.74, 6) is 0.283. The highest BCUT2D eigenvalue weighted by atomic mass is 79.9. The standard InChI is InChI=1S/C14H20BrNO3S/c1-10(2)8-16(12-4-5-12)20(18,19)14-7-11(9-17)3-6-13(14)15/h3,6-7,10,12,17H,4-5,8-9H2,1-2H3. The molecule has 0 atom stereocenters. The number of aliphatic hydroxyl groups excluding tert-OH is 1. The predicted octanol–water partition coefficient (Wildman–Crippen LogP) is 2.75. The molecule has 1 aromatic carbocycles. The molecule has 1 N–H and O–H groups in total. The Balaban J connectivity index is 2.41. The van der Waals surface area contributed by atoms with Gasteiger partial charge in [-0.05, 0) is 52.4 Å². The Morgan fingerprint density at radius 1 is 1.40 bits per heavy atom. The second-order valence-electron chi connectivity index (χ2n) is 5.62. The van der Waals surface area contributed by atoms with Crippen LogP contribution in [0.25, 0.3) is 0 Å². The van der Waals surface area contributed by atoms with Crippen LogP contribution < -0.4 is 0 Å². The van der Waals surface area contributed by atoms with Crippen molar-refractivity contribution in [2.45, 2.75) is 44.2 Å². The summed E-state index contributed by atoms with van der Waals surface area (Å²) in [5, 5.41) is 9.20. The van der Waals surface area contributed by atoms with E-state index in [1.165, 1.54) is 0 Å². The molecule has 0 amide bonds. The number of aliphatic hydroxyl groups is 1. The first-order chi connectivity index (χ1) is 9.36. The van der Waals surface area contributed by atoms with E-state index in [2.05, 4.69) is 15.9 Å². The second kappa shape index (κ2) is 6.13. The molecule has 4 nitrogen and oxygen atoms in total.